The van der Waals surface area contributed by atoms with Gasteiger partial charge in [0.05, 0.1) is 28.7 Å². The number of fused-ring (bicyclic) bond motifs is 1. The van der Waals surface area contributed by atoms with Crippen LogP contribution >= 0.6 is 11.8 Å². The minimum Gasteiger partial charge on any atom is -0.462 e. The summed E-state index contributed by atoms with van der Waals surface area (Å²) in [5.41, 5.74) is 1.62. The highest BCUT2D eigenvalue weighted by atomic mass is 32.2. The van der Waals surface area contributed by atoms with Crippen molar-refractivity contribution >= 4 is 46.9 Å². The van der Waals surface area contributed by atoms with Crippen molar-refractivity contribution in [2.24, 2.45) is 0 Å². The number of hydrogen-bond acceptors (Lipinski definition) is 7. The molecule has 0 aliphatic carbocycles. The van der Waals surface area contributed by atoms with Gasteiger partial charge in [0.1, 0.15) is 0 Å². The van der Waals surface area contributed by atoms with Crippen molar-refractivity contribution in [3.05, 3.63) is 53.6 Å². The summed E-state index contributed by atoms with van der Waals surface area (Å²) in [6, 6.07) is 11.1. The Morgan fingerprint density at radius 3 is 2.44 bits per heavy atom. The summed E-state index contributed by atoms with van der Waals surface area (Å²) in [4.78, 5) is 49.0. The molecule has 0 radical (unpaired) electrons. The minimum atomic E-state index is -0.675. The zero-order chi connectivity index (χ0) is 23.1. The van der Waals surface area contributed by atoms with E-state index >= 15 is 0 Å². The smallest absolute Gasteiger partial charge is 0.338 e. The lowest BCUT2D eigenvalue weighted by Gasteiger charge is -2.21. The molecule has 0 bridgehead atoms. The molecule has 2 amide bonds. The van der Waals surface area contributed by atoms with Crippen LogP contribution < -0.4 is 10.6 Å². The number of esters is 2. The van der Waals surface area contributed by atoms with Crippen LogP contribution in [0, 0.1) is 0 Å². The fourth-order valence-corrected chi connectivity index (χ4v) is 3.76. The number of carbonyl (C=O) groups excluding carboxylic acids is 4. The van der Waals surface area contributed by atoms with E-state index in [0.29, 0.717) is 23.5 Å². The van der Waals surface area contributed by atoms with Gasteiger partial charge in [0.25, 0.3) is 5.91 Å². The number of thioether (sulfide) groups is 1. The zero-order valence-electron chi connectivity index (χ0n) is 17.8. The lowest BCUT2D eigenvalue weighted by atomic mass is 10.2. The van der Waals surface area contributed by atoms with Crippen LogP contribution in [0.5, 0.6) is 0 Å². The van der Waals surface area contributed by atoms with Gasteiger partial charge in [-0.1, -0.05) is 13.3 Å². The number of rotatable bonds is 8. The molecule has 0 spiro atoms. The van der Waals surface area contributed by atoms with Crippen LogP contribution in [0.3, 0.4) is 0 Å². The third-order valence-electron chi connectivity index (χ3n) is 4.62. The molecule has 168 valence electrons. The van der Waals surface area contributed by atoms with Crippen molar-refractivity contribution in [1.29, 1.82) is 0 Å². The lowest BCUT2D eigenvalue weighted by molar-refractivity contribution is -0.119. The SMILES string of the molecule is CCCCOC(=O)c1ccc(NC(=O)COC(=O)c2ccc3c(c2)NC(=O)C(C)S3)cc1. The highest BCUT2D eigenvalue weighted by Crippen LogP contribution is 2.36. The molecule has 0 fully saturated rings. The molecule has 1 aliphatic rings. The predicted molar refractivity (Wildman–Crippen MR) is 121 cm³/mol. The van der Waals surface area contributed by atoms with E-state index < -0.39 is 24.5 Å². The van der Waals surface area contributed by atoms with E-state index in [4.69, 9.17) is 9.47 Å². The van der Waals surface area contributed by atoms with Crippen LogP contribution in [-0.4, -0.2) is 42.2 Å². The quantitative estimate of drug-likeness (QED) is 0.458. The molecule has 8 nitrogen and oxygen atoms in total. The molecular formula is C23H24N2O6S. The van der Waals surface area contributed by atoms with Crippen molar-refractivity contribution in [3.8, 4) is 0 Å². The molecule has 1 atom stereocenters. The molecule has 2 aromatic carbocycles. The summed E-state index contributed by atoms with van der Waals surface area (Å²) in [6.07, 6.45) is 1.74. The molecule has 0 aromatic heterocycles. The third kappa shape index (κ3) is 6.10. The highest BCUT2D eigenvalue weighted by Gasteiger charge is 2.24. The van der Waals surface area contributed by atoms with Crippen molar-refractivity contribution < 1.29 is 28.7 Å². The van der Waals surface area contributed by atoms with Gasteiger partial charge in [-0.2, -0.15) is 0 Å². The van der Waals surface area contributed by atoms with E-state index in [9.17, 15) is 19.2 Å². The van der Waals surface area contributed by atoms with Gasteiger partial charge < -0.3 is 20.1 Å². The van der Waals surface area contributed by atoms with Gasteiger partial charge in [-0.3, -0.25) is 9.59 Å². The second-order valence-corrected chi connectivity index (χ2v) is 8.53. The number of unbranched alkanes of at least 4 members (excludes halogenated alkanes) is 1. The summed E-state index contributed by atoms with van der Waals surface area (Å²) in [6.45, 7) is 3.70. The van der Waals surface area contributed by atoms with Crippen molar-refractivity contribution in [3.63, 3.8) is 0 Å². The van der Waals surface area contributed by atoms with Gasteiger partial charge in [-0.05, 0) is 55.8 Å². The second kappa shape index (κ2) is 10.8. The predicted octanol–water partition coefficient (Wildman–Crippen LogP) is 3.87. The Bertz CT molecular complexity index is 1020. The molecule has 2 N–H and O–H groups in total. The maximum atomic E-state index is 12.3. The topological polar surface area (TPSA) is 111 Å². The number of carbonyl (C=O) groups is 4. The first-order valence-corrected chi connectivity index (χ1v) is 11.1. The molecular weight excluding hydrogens is 432 g/mol. The standard InChI is InChI=1S/C23H24N2O6S/c1-3-4-11-30-22(28)15-5-8-17(9-6-15)24-20(26)13-31-23(29)16-7-10-19-18(12-16)25-21(27)14(2)32-19/h5-10,12,14H,3-4,11,13H2,1-2H3,(H,24,26)(H,25,27). The average Bonchev–Trinajstić information content (AvgIpc) is 2.78. The highest BCUT2D eigenvalue weighted by molar-refractivity contribution is 8.00. The van der Waals surface area contributed by atoms with Crippen LogP contribution in [-0.2, 0) is 19.1 Å². The van der Waals surface area contributed by atoms with Crippen molar-refractivity contribution in [1.82, 2.24) is 0 Å². The average molecular weight is 457 g/mol. The number of amides is 2. The van der Waals surface area contributed by atoms with Gasteiger partial charge >= 0.3 is 11.9 Å². The van der Waals surface area contributed by atoms with Gasteiger partial charge in [0, 0.05) is 10.6 Å². The number of hydrogen-bond donors (Lipinski definition) is 2. The van der Waals surface area contributed by atoms with E-state index in [1.165, 1.54) is 17.8 Å². The normalized spacial score (nSPS) is 14.7. The first-order chi connectivity index (χ1) is 15.4. The Balaban J connectivity index is 1.49. The van der Waals surface area contributed by atoms with Crippen molar-refractivity contribution in [2.45, 2.75) is 36.8 Å². The number of ether oxygens (including phenoxy) is 2. The van der Waals surface area contributed by atoms with E-state index in [1.54, 1.807) is 43.3 Å². The van der Waals surface area contributed by atoms with E-state index in [1.807, 2.05) is 6.92 Å². The first kappa shape index (κ1) is 23.3. The van der Waals surface area contributed by atoms with Crippen LogP contribution in [0.15, 0.2) is 47.4 Å². The van der Waals surface area contributed by atoms with Gasteiger partial charge in [-0.15, -0.1) is 11.8 Å². The summed E-state index contributed by atoms with van der Waals surface area (Å²) in [5, 5.41) is 5.14. The van der Waals surface area contributed by atoms with Crippen molar-refractivity contribution in [2.75, 3.05) is 23.8 Å². The minimum absolute atomic E-state index is 0.132. The molecule has 3 rings (SSSR count). The molecule has 1 aliphatic heterocycles. The summed E-state index contributed by atoms with van der Waals surface area (Å²) in [5.74, 6) is -1.75. The zero-order valence-corrected chi connectivity index (χ0v) is 18.6. The first-order valence-electron chi connectivity index (χ1n) is 10.2. The largest absolute Gasteiger partial charge is 0.462 e. The molecule has 0 saturated heterocycles. The molecule has 1 unspecified atom stereocenters. The van der Waals surface area contributed by atoms with Crippen LogP contribution in [0.1, 0.15) is 47.4 Å². The summed E-state index contributed by atoms with van der Waals surface area (Å²) < 4.78 is 10.2. The molecule has 32 heavy (non-hydrogen) atoms. The third-order valence-corrected chi connectivity index (χ3v) is 5.79. The Morgan fingerprint density at radius 1 is 1.03 bits per heavy atom. The van der Waals surface area contributed by atoms with E-state index in [2.05, 4.69) is 10.6 Å². The van der Waals surface area contributed by atoms with Gasteiger partial charge in [-0.25, -0.2) is 9.59 Å². The Morgan fingerprint density at radius 2 is 1.72 bits per heavy atom. The number of anilines is 2. The molecule has 1 heterocycles. The number of benzene rings is 2. The Kier molecular flexibility index (Phi) is 7.88. The Hall–Kier alpha value is -3.33. The molecule has 0 saturated carbocycles. The second-order valence-electron chi connectivity index (χ2n) is 7.15. The van der Waals surface area contributed by atoms with Crippen LogP contribution in [0.4, 0.5) is 11.4 Å². The Labute approximate surface area is 190 Å². The lowest BCUT2D eigenvalue weighted by Crippen LogP contribution is -2.26. The fourth-order valence-electron chi connectivity index (χ4n) is 2.83. The van der Waals surface area contributed by atoms with E-state index in [0.717, 1.165) is 17.7 Å². The monoisotopic (exact) mass is 456 g/mol. The van der Waals surface area contributed by atoms with Crippen LogP contribution in [0.25, 0.3) is 0 Å². The van der Waals surface area contributed by atoms with Gasteiger partial charge in [0.2, 0.25) is 5.91 Å². The maximum absolute atomic E-state index is 12.3. The maximum Gasteiger partial charge on any atom is 0.338 e. The van der Waals surface area contributed by atoms with Crippen LogP contribution in [0.2, 0.25) is 0 Å². The molecule has 9 heteroatoms. The van der Waals surface area contributed by atoms with Gasteiger partial charge in [0.15, 0.2) is 6.61 Å². The fraction of sp³-hybridized carbons (Fsp3) is 0.304. The molecule has 2 aromatic rings. The summed E-state index contributed by atoms with van der Waals surface area (Å²) in [7, 11) is 0. The van der Waals surface area contributed by atoms with E-state index in [-0.39, 0.29) is 16.7 Å². The summed E-state index contributed by atoms with van der Waals surface area (Å²) >= 11 is 1.41. The number of nitrogens with one attached hydrogen (secondary N) is 2.